The lowest BCUT2D eigenvalue weighted by atomic mass is 10.0. The maximum absolute atomic E-state index is 13.0. The summed E-state index contributed by atoms with van der Waals surface area (Å²) in [6.07, 6.45) is 1.61. The highest BCUT2D eigenvalue weighted by Crippen LogP contribution is 2.36. The Balaban J connectivity index is 1.91. The van der Waals surface area contributed by atoms with E-state index in [1.165, 1.54) is 0 Å². The first-order valence-corrected chi connectivity index (χ1v) is 9.38. The Bertz CT molecular complexity index is 778. The highest BCUT2D eigenvalue weighted by molar-refractivity contribution is 7.89. The Morgan fingerprint density at radius 2 is 1.96 bits per heavy atom. The van der Waals surface area contributed by atoms with E-state index >= 15 is 0 Å². The predicted octanol–water partition coefficient (Wildman–Crippen LogP) is 3.63. The number of hydrogen-bond acceptors (Lipinski definition) is 4. The summed E-state index contributed by atoms with van der Waals surface area (Å²) in [7, 11) is -3.52. The van der Waals surface area contributed by atoms with Crippen LogP contribution in [0.5, 0.6) is 0 Å². The largest absolute Gasteiger partial charge is 0.361 e. The molecule has 1 aliphatic heterocycles. The molecule has 2 heterocycles. The number of benzene rings is 1. The number of rotatable bonds is 4. The van der Waals surface area contributed by atoms with Gasteiger partial charge in [-0.25, -0.2) is 8.42 Å². The molecule has 1 aliphatic rings. The Hall–Kier alpha value is -1.66. The first kappa shape index (κ1) is 16.2. The molecule has 124 valence electrons. The van der Waals surface area contributed by atoms with E-state index in [0.717, 1.165) is 18.4 Å². The summed E-state index contributed by atoms with van der Waals surface area (Å²) in [5.74, 6) is 1.08. The van der Waals surface area contributed by atoms with Gasteiger partial charge in [-0.05, 0) is 43.4 Å². The minimum atomic E-state index is -3.52. The Morgan fingerprint density at radius 3 is 2.52 bits per heavy atom. The van der Waals surface area contributed by atoms with E-state index in [2.05, 4.69) is 19.0 Å². The SMILES string of the molecule is Cc1cc([C@H]2CCCN2S(=O)(=O)c2ccc(C(C)C)cc2)no1. The van der Waals surface area contributed by atoms with Gasteiger partial charge in [-0.2, -0.15) is 4.31 Å². The van der Waals surface area contributed by atoms with E-state index in [4.69, 9.17) is 4.52 Å². The summed E-state index contributed by atoms with van der Waals surface area (Å²) in [5, 5.41) is 4.01. The lowest BCUT2D eigenvalue weighted by Crippen LogP contribution is -2.30. The van der Waals surface area contributed by atoms with Crippen LogP contribution >= 0.6 is 0 Å². The smallest absolute Gasteiger partial charge is 0.243 e. The highest BCUT2D eigenvalue weighted by atomic mass is 32.2. The molecule has 0 amide bonds. The number of sulfonamides is 1. The second-order valence-corrected chi connectivity index (χ2v) is 8.25. The average Bonchev–Trinajstić information content (AvgIpc) is 3.16. The van der Waals surface area contributed by atoms with Crippen molar-refractivity contribution in [2.75, 3.05) is 6.54 Å². The van der Waals surface area contributed by atoms with Crippen LogP contribution in [0.2, 0.25) is 0 Å². The molecular weight excluding hydrogens is 312 g/mol. The normalized spacial score (nSPS) is 19.6. The zero-order valence-corrected chi connectivity index (χ0v) is 14.5. The third kappa shape index (κ3) is 3.05. The first-order valence-electron chi connectivity index (χ1n) is 7.94. The molecule has 1 aromatic carbocycles. The molecule has 0 aliphatic carbocycles. The van der Waals surface area contributed by atoms with Gasteiger partial charge in [0.15, 0.2) is 0 Å². The van der Waals surface area contributed by atoms with E-state index in [0.29, 0.717) is 28.8 Å². The van der Waals surface area contributed by atoms with E-state index < -0.39 is 10.0 Å². The number of nitrogens with zero attached hydrogens (tertiary/aromatic N) is 2. The molecule has 0 radical (unpaired) electrons. The molecule has 1 saturated heterocycles. The standard InChI is InChI=1S/C17H22N2O3S/c1-12(2)14-6-8-15(9-7-14)23(20,21)19-10-4-5-17(19)16-11-13(3)22-18-16/h6-9,11-12,17H,4-5,10H2,1-3H3/t17-/m1/s1. The van der Waals surface area contributed by atoms with Crippen LogP contribution in [0.3, 0.4) is 0 Å². The monoisotopic (exact) mass is 334 g/mol. The van der Waals surface area contributed by atoms with Gasteiger partial charge in [-0.3, -0.25) is 0 Å². The topological polar surface area (TPSA) is 63.4 Å². The lowest BCUT2D eigenvalue weighted by Gasteiger charge is -2.22. The van der Waals surface area contributed by atoms with Crippen LogP contribution in [0.4, 0.5) is 0 Å². The first-order chi connectivity index (χ1) is 10.9. The van der Waals surface area contributed by atoms with Gasteiger partial charge in [-0.15, -0.1) is 0 Å². The molecule has 1 fully saturated rings. The zero-order chi connectivity index (χ0) is 16.6. The van der Waals surface area contributed by atoms with Gasteiger partial charge in [0, 0.05) is 12.6 Å². The molecule has 2 aromatic rings. The van der Waals surface area contributed by atoms with Crippen molar-refractivity contribution in [3.05, 3.63) is 47.3 Å². The van der Waals surface area contributed by atoms with E-state index in [9.17, 15) is 8.42 Å². The van der Waals surface area contributed by atoms with Crippen LogP contribution in [0, 0.1) is 6.92 Å². The van der Waals surface area contributed by atoms with Gasteiger partial charge in [0.2, 0.25) is 10.0 Å². The van der Waals surface area contributed by atoms with Gasteiger partial charge < -0.3 is 4.52 Å². The average molecular weight is 334 g/mol. The van der Waals surface area contributed by atoms with E-state index in [1.54, 1.807) is 16.4 Å². The summed E-state index contributed by atoms with van der Waals surface area (Å²) in [6, 6.07) is 8.77. The van der Waals surface area contributed by atoms with Crippen LogP contribution in [-0.4, -0.2) is 24.4 Å². The Kier molecular flexibility index (Phi) is 4.29. The maximum atomic E-state index is 13.0. The molecule has 3 rings (SSSR count). The van der Waals surface area contributed by atoms with Crippen molar-refractivity contribution >= 4 is 10.0 Å². The van der Waals surface area contributed by atoms with Gasteiger partial charge in [-0.1, -0.05) is 31.1 Å². The molecule has 1 atom stereocenters. The van der Waals surface area contributed by atoms with Crippen LogP contribution < -0.4 is 0 Å². The Morgan fingerprint density at radius 1 is 1.26 bits per heavy atom. The molecular formula is C17H22N2O3S. The summed E-state index contributed by atoms with van der Waals surface area (Å²) in [6.45, 7) is 6.51. The summed E-state index contributed by atoms with van der Waals surface area (Å²) >= 11 is 0. The summed E-state index contributed by atoms with van der Waals surface area (Å²) in [4.78, 5) is 0.342. The lowest BCUT2D eigenvalue weighted by molar-refractivity contribution is 0.349. The van der Waals surface area contributed by atoms with Crippen molar-refractivity contribution < 1.29 is 12.9 Å². The van der Waals surface area contributed by atoms with Crippen molar-refractivity contribution in [1.82, 2.24) is 9.46 Å². The highest BCUT2D eigenvalue weighted by Gasteiger charge is 2.37. The van der Waals surface area contributed by atoms with Gasteiger partial charge in [0.25, 0.3) is 0 Å². The van der Waals surface area contributed by atoms with Crippen LogP contribution in [0.25, 0.3) is 0 Å². The summed E-state index contributed by atoms with van der Waals surface area (Å²) in [5.41, 5.74) is 1.83. The molecule has 5 nitrogen and oxygen atoms in total. The van der Waals surface area contributed by atoms with Crippen LogP contribution in [0.1, 0.15) is 55.7 Å². The van der Waals surface area contributed by atoms with Crippen LogP contribution in [-0.2, 0) is 10.0 Å². The molecule has 6 heteroatoms. The number of aromatic nitrogens is 1. The molecule has 0 bridgehead atoms. The molecule has 0 unspecified atom stereocenters. The quantitative estimate of drug-likeness (QED) is 0.856. The fraction of sp³-hybridized carbons (Fsp3) is 0.471. The minimum absolute atomic E-state index is 0.234. The second-order valence-electron chi connectivity index (χ2n) is 6.36. The molecule has 0 N–H and O–H groups in total. The molecule has 23 heavy (non-hydrogen) atoms. The predicted molar refractivity (Wildman–Crippen MR) is 87.6 cm³/mol. The third-order valence-electron chi connectivity index (χ3n) is 4.34. The van der Waals surface area contributed by atoms with Crippen molar-refractivity contribution in [2.45, 2.75) is 50.5 Å². The fourth-order valence-electron chi connectivity index (χ4n) is 3.03. The van der Waals surface area contributed by atoms with Crippen molar-refractivity contribution in [3.8, 4) is 0 Å². The van der Waals surface area contributed by atoms with E-state index in [1.807, 2.05) is 25.1 Å². The molecule has 0 spiro atoms. The van der Waals surface area contributed by atoms with Gasteiger partial charge in [0.1, 0.15) is 11.5 Å². The van der Waals surface area contributed by atoms with Crippen molar-refractivity contribution in [3.63, 3.8) is 0 Å². The van der Waals surface area contributed by atoms with Gasteiger partial charge >= 0.3 is 0 Å². The Labute approximate surface area is 137 Å². The van der Waals surface area contributed by atoms with E-state index in [-0.39, 0.29) is 6.04 Å². The minimum Gasteiger partial charge on any atom is -0.361 e. The third-order valence-corrected chi connectivity index (χ3v) is 6.27. The van der Waals surface area contributed by atoms with Gasteiger partial charge in [0.05, 0.1) is 10.9 Å². The molecule has 0 saturated carbocycles. The summed E-state index contributed by atoms with van der Waals surface area (Å²) < 4.78 is 32.6. The van der Waals surface area contributed by atoms with Crippen LogP contribution in [0.15, 0.2) is 39.8 Å². The maximum Gasteiger partial charge on any atom is 0.243 e. The second kappa shape index (κ2) is 6.09. The van der Waals surface area contributed by atoms with Crippen molar-refractivity contribution in [2.24, 2.45) is 0 Å². The molecule has 1 aromatic heterocycles. The number of aryl methyl sites for hydroxylation is 1. The fourth-order valence-corrected chi connectivity index (χ4v) is 4.69. The zero-order valence-electron chi connectivity index (χ0n) is 13.7. The van der Waals surface area contributed by atoms with Crippen molar-refractivity contribution in [1.29, 1.82) is 0 Å². The number of hydrogen-bond donors (Lipinski definition) is 0.